The highest BCUT2D eigenvalue weighted by atomic mass is 32.1. The van der Waals surface area contributed by atoms with Crippen molar-refractivity contribution < 1.29 is 4.79 Å². The number of nitrogens with one attached hydrogen (secondary N) is 2. The highest BCUT2D eigenvalue weighted by Crippen LogP contribution is 2.03. The molecule has 0 unspecified atom stereocenters. The van der Waals surface area contributed by atoms with Gasteiger partial charge in [0, 0.05) is 25.4 Å². The molecule has 1 aromatic rings. The van der Waals surface area contributed by atoms with Crippen molar-refractivity contribution in [3.63, 3.8) is 0 Å². The molecule has 2 N–H and O–H groups in total. The molecule has 6 heteroatoms. The van der Waals surface area contributed by atoms with Gasteiger partial charge in [0.1, 0.15) is 5.82 Å². The molecule has 0 aromatic carbocycles. The van der Waals surface area contributed by atoms with Crippen LogP contribution in [-0.2, 0) is 17.8 Å². The first-order valence-electron chi connectivity index (χ1n) is 5.98. The lowest BCUT2D eigenvalue weighted by molar-refractivity contribution is -0.121. The number of carbonyl (C=O) groups excluding carboxylic acids is 1. The van der Waals surface area contributed by atoms with Crippen LogP contribution in [-0.4, -0.2) is 26.7 Å². The lowest BCUT2D eigenvalue weighted by Crippen LogP contribution is -2.30. The predicted molar refractivity (Wildman–Crippen MR) is 69.3 cm³/mol. The number of hydrogen-bond donors (Lipinski definition) is 2. The molecule has 0 bridgehead atoms. The third-order valence-corrected chi connectivity index (χ3v) is 2.63. The number of amides is 1. The molecule has 0 radical (unpaired) electrons. The maximum Gasteiger partial charge on any atom is 0.221 e. The summed E-state index contributed by atoms with van der Waals surface area (Å²) in [6, 6.07) is 0.176. The van der Waals surface area contributed by atoms with Crippen molar-refractivity contribution in [1.29, 1.82) is 0 Å². The smallest absolute Gasteiger partial charge is 0.221 e. The van der Waals surface area contributed by atoms with E-state index >= 15 is 0 Å². The molecule has 0 atom stereocenters. The first-order chi connectivity index (χ1) is 8.04. The Morgan fingerprint density at radius 1 is 1.59 bits per heavy atom. The molecule has 0 saturated carbocycles. The number of aromatic amines is 1. The van der Waals surface area contributed by atoms with Crippen molar-refractivity contribution in [2.45, 2.75) is 52.6 Å². The highest BCUT2D eigenvalue weighted by Gasteiger charge is 2.08. The van der Waals surface area contributed by atoms with Gasteiger partial charge < -0.3 is 9.88 Å². The molecule has 0 aliphatic rings. The molecule has 0 saturated heterocycles. The zero-order chi connectivity index (χ0) is 12.8. The third-order valence-electron chi connectivity index (χ3n) is 2.32. The fourth-order valence-electron chi connectivity index (χ4n) is 1.60. The van der Waals surface area contributed by atoms with Crippen LogP contribution in [0.15, 0.2) is 0 Å². The number of aromatic nitrogens is 3. The first kappa shape index (κ1) is 13.9. The molecular weight excluding hydrogens is 236 g/mol. The van der Waals surface area contributed by atoms with E-state index in [1.807, 2.05) is 18.4 Å². The quantitative estimate of drug-likeness (QED) is 0.763. The Morgan fingerprint density at radius 2 is 2.29 bits per heavy atom. The van der Waals surface area contributed by atoms with Gasteiger partial charge >= 0.3 is 0 Å². The van der Waals surface area contributed by atoms with Gasteiger partial charge in [0.25, 0.3) is 0 Å². The average Bonchev–Trinajstić information content (AvgIpc) is 2.57. The molecule has 1 amide bonds. The van der Waals surface area contributed by atoms with Crippen LogP contribution in [0, 0.1) is 4.77 Å². The van der Waals surface area contributed by atoms with Gasteiger partial charge in [-0.15, -0.1) is 0 Å². The minimum Gasteiger partial charge on any atom is -0.354 e. The number of aryl methyl sites for hydroxylation is 1. The number of hydrogen-bond acceptors (Lipinski definition) is 3. The molecule has 5 nitrogen and oxygen atoms in total. The van der Waals surface area contributed by atoms with Crippen molar-refractivity contribution in [3.05, 3.63) is 10.6 Å². The van der Waals surface area contributed by atoms with E-state index in [4.69, 9.17) is 12.2 Å². The second-order valence-corrected chi connectivity index (χ2v) is 4.71. The van der Waals surface area contributed by atoms with Gasteiger partial charge in [-0.25, -0.2) is 0 Å². The van der Waals surface area contributed by atoms with Crippen LogP contribution >= 0.6 is 12.2 Å². The molecule has 96 valence electrons. The molecule has 1 heterocycles. The summed E-state index contributed by atoms with van der Waals surface area (Å²) in [7, 11) is 0. The summed E-state index contributed by atoms with van der Waals surface area (Å²) in [6.07, 6.45) is 2.32. The molecule has 1 rings (SSSR count). The normalized spacial score (nSPS) is 10.8. The Balaban J connectivity index is 2.59. The van der Waals surface area contributed by atoms with Crippen molar-refractivity contribution in [1.82, 2.24) is 20.1 Å². The predicted octanol–water partition coefficient (Wildman–Crippen LogP) is 1.81. The summed E-state index contributed by atoms with van der Waals surface area (Å²) in [5.41, 5.74) is 0. The molecule has 0 fully saturated rings. The van der Waals surface area contributed by atoms with Crippen LogP contribution in [0.1, 0.15) is 39.4 Å². The van der Waals surface area contributed by atoms with E-state index in [-0.39, 0.29) is 11.9 Å². The van der Waals surface area contributed by atoms with Gasteiger partial charge in [-0.3, -0.25) is 9.89 Å². The SMILES string of the molecule is CCCc1n[nH]c(=S)n1CCC(=O)NC(C)C. The topological polar surface area (TPSA) is 62.7 Å². The number of nitrogens with zero attached hydrogens (tertiary/aromatic N) is 2. The number of carbonyl (C=O) groups is 1. The van der Waals surface area contributed by atoms with Crippen LogP contribution in [0.2, 0.25) is 0 Å². The van der Waals surface area contributed by atoms with E-state index in [0.717, 1.165) is 18.7 Å². The second-order valence-electron chi connectivity index (χ2n) is 4.32. The van der Waals surface area contributed by atoms with E-state index in [9.17, 15) is 4.79 Å². The highest BCUT2D eigenvalue weighted by molar-refractivity contribution is 7.71. The Hall–Kier alpha value is -1.17. The van der Waals surface area contributed by atoms with E-state index in [2.05, 4.69) is 22.4 Å². The van der Waals surface area contributed by atoms with Crippen molar-refractivity contribution in [3.8, 4) is 0 Å². The lowest BCUT2D eigenvalue weighted by atomic mass is 10.3. The molecule has 0 aliphatic heterocycles. The van der Waals surface area contributed by atoms with Crippen molar-refractivity contribution in [2.24, 2.45) is 0 Å². The molecule has 17 heavy (non-hydrogen) atoms. The average molecular weight is 256 g/mol. The summed E-state index contributed by atoms with van der Waals surface area (Å²) in [4.78, 5) is 11.5. The second kappa shape index (κ2) is 6.54. The number of rotatable bonds is 6. The van der Waals surface area contributed by atoms with Crippen LogP contribution < -0.4 is 5.32 Å². The standard InChI is InChI=1S/C11H20N4OS/c1-4-5-9-13-14-11(17)15(9)7-6-10(16)12-8(2)3/h8H,4-7H2,1-3H3,(H,12,16)(H,14,17). The molecule has 0 aliphatic carbocycles. The molecular formula is C11H20N4OS. The van der Waals surface area contributed by atoms with Crippen LogP contribution in [0.3, 0.4) is 0 Å². The largest absolute Gasteiger partial charge is 0.354 e. The zero-order valence-corrected chi connectivity index (χ0v) is 11.4. The maximum absolute atomic E-state index is 11.5. The van der Waals surface area contributed by atoms with Gasteiger partial charge in [-0.1, -0.05) is 6.92 Å². The summed E-state index contributed by atoms with van der Waals surface area (Å²) >= 11 is 5.14. The Morgan fingerprint density at radius 3 is 2.88 bits per heavy atom. The first-order valence-corrected chi connectivity index (χ1v) is 6.38. The minimum atomic E-state index is 0.0468. The summed E-state index contributed by atoms with van der Waals surface area (Å²) < 4.78 is 2.49. The fourth-order valence-corrected chi connectivity index (χ4v) is 1.85. The van der Waals surface area contributed by atoms with E-state index in [1.54, 1.807) is 0 Å². The minimum absolute atomic E-state index is 0.0468. The van der Waals surface area contributed by atoms with Crippen molar-refractivity contribution >= 4 is 18.1 Å². The Bertz CT molecular complexity index is 421. The molecule has 0 spiro atoms. The summed E-state index contributed by atoms with van der Waals surface area (Å²) in [5.74, 6) is 0.973. The van der Waals surface area contributed by atoms with Gasteiger partial charge in [-0.05, 0) is 32.5 Å². The van der Waals surface area contributed by atoms with Gasteiger partial charge in [0.2, 0.25) is 5.91 Å². The van der Waals surface area contributed by atoms with Gasteiger partial charge in [-0.2, -0.15) is 5.10 Å². The van der Waals surface area contributed by atoms with Gasteiger partial charge in [0.15, 0.2) is 4.77 Å². The number of H-pyrrole nitrogens is 1. The maximum atomic E-state index is 11.5. The zero-order valence-electron chi connectivity index (χ0n) is 10.6. The van der Waals surface area contributed by atoms with Crippen LogP contribution in [0.5, 0.6) is 0 Å². The monoisotopic (exact) mass is 256 g/mol. The van der Waals surface area contributed by atoms with E-state index in [1.165, 1.54) is 0 Å². The van der Waals surface area contributed by atoms with Crippen molar-refractivity contribution in [2.75, 3.05) is 0 Å². The fraction of sp³-hybridized carbons (Fsp3) is 0.727. The van der Waals surface area contributed by atoms with Crippen LogP contribution in [0.4, 0.5) is 0 Å². The Kier molecular flexibility index (Phi) is 5.34. The van der Waals surface area contributed by atoms with E-state index < -0.39 is 0 Å². The van der Waals surface area contributed by atoms with Gasteiger partial charge in [0.05, 0.1) is 0 Å². The Labute approximate surface area is 107 Å². The van der Waals surface area contributed by atoms with Crippen LogP contribution in [0.25, 0.3) is 0 Å². The summed E-state index contributed by atoms with van der Waals surface area (Å²) in [6.45, 7) is 6.57. The third kappa shape index (κ3) is 4.30. The lowest BCUT2D eigenvalue weighted by Gasteiger charge is -2.09. The molecule has 1 aromatic heterocycles. The van der Waals surface area contributed by atoms with E-state index in [0.29, 0.717) is 17.7 Å². The summed E-state index contributed by atoms with van der Waals surface area (Å²) in [5, 5.41) is 9.79.